The van der Waals surface area contributed by atoms with Crippen LogP contribution < -0.4 is 10.1 Å². The van der Waals surface area contributed by atoms with E-state index in [-0.39, 0.29) is 18.9 Å². The molecule has 130 valence electrons. The standard InChI is InChI=1S/C20H22N2O3/c1-3-25-19-9-8-15(10-14(19)12-23)22-20(24)11-17-13(2)21-18-7-5-4-6-16(17)18/h4-10,21,23H,3,11-12H2,1-2H3,(H,22,24). The van der Waals surface area contributed by atoms with Crippen molar-refractivity contribution in [3.8, 4) is 5.75 Å². The van der Waals surface area contributed by atoms with Gasteiger partial charge in [0.1, 0.15) is 5.75 Å². The molecular formula is C20H22N2O3. The maximum Gasteiger partial charge on any atom is 0.228 e. The minimum absolute atomic E-state index is 0.0964. The fraction of sp³-hybridized carbons (Fsp3) is 0.250. The molecule has 0 saturated heterocycles. The lowest BCUT2D eigenvalue weighted by Gasteiger charge is -2.11. The normalized spacial score (nSPS) is 10.8. The molecule has 3 N–H and O–H groups in total. The Morgan fingerprint density at radius 2 is 2.04 bits per heavy atom. The van der Waals surface area contributed by atoms with E-state index < -0.39 is 0 Å². The Hall–Kier alpha value is -2.79. The minimum Gasteiger partial charge on any atom is -0.494 e. The van der Waals surface area contributed by atoms with E-state index in [4.69, 9.17) is 4.74 Å². The van der Waals surface area contributed by atoms with E-state index >= 15 is 0 Å². The maximum atomic E-state index is 12.5. The lowest BCUT2D eigenvalue weighted by Crippen LogP contribution is -2.15. The monoisotopic (exact) mass is 338 g/mol. The first kappa shape index (κ1) is 17.0. The first-order valence-corrected chi connectivity index (χ1v) is 8.35. The molecule has 25 heavy (non-hydrogen) atoms. The van der Waals surface area contributed by atoms with Crippen LogP contribution in [0.4, 0.5) is 5.69 Å². The van der Waals surface area contributed by atoms with Gasteiger partial charge in [0.15, 0.2) is 0 Å². The van der Waals surface area contributed by atoms with E-state index in [1.165, 1.54) is 0 Å². The largest absolute Gasteiger partial charge is 0.494 e. The molecule has 0 spiro atoms. The van der Waals surface area contributed by atoms with Crippen LogP contribution in [0.3, 0.4) is 0 Å². The summed E-state index contributed by atoms with van der Waals surface area (Å²) in [6.45, 7) is 4.25. The quantitative estimate of drug-likeness (QED) is 0.643. The number of carbonyl (C=O) groups excluding carboxylic acids is 1. The number of aromatic nitrogens is 1. The van der Waals surface area contributed by atoms with Crippen molar-refractivity contribution in [2.75, 3.05) is 11.9 Å². The number of nitrogens with one attached hydrogen (secondary N) is 2. The number of H-pyrrole nitrogens is 1. The molecule has 0 saturated carbocycles. The highest BCUT2D eigenvalue weighted by molar-refractivity contribution is 5.96. The van der Waals surface area contributed by atoms with Gasteiger partial charge in [-0.1, -0.05) is 18.2 Å². The molecular weight excluding hydrogens is 316 g/mol. The number of hydrogen-bond acceptors (Lipinski definition) is 3. The Morgan fingerprint density at radius 3 is 2.80 bits per heavy atom. The molecule has 1 heterocycles. The highest BCUT2D eigenvalue weighted by Crippen LogP contribution is 2.25. The van der Waals surface area contributed by atoms with E-state index in [9.17, 15) is 9.90 Å². The van der Waals surface area contributed by atoms with Crippen molar-refractivity contribution in [2.45, 2.75) is 26.9 Å². The molecule has 5 nitrogen and oxygen atoms in total. The molecule has 0 radical (unpaired) electrons. The van der Waals surface area contributed by atoms with Crippen LogP contribution in [0.1, 0.15) is 23.7 Å². The summed E-state index contributed by atoms with van der Waals surface area (Å²) in [5.74, 6) is 0.538. The van der Waals surface area contributed by atoms with E-state index in [1.54, 1.807) is 18.2 Å². The van der Waals surface area contributed by atoms with Crippen LogP contribution >= 0.6 is 0 Å². The lowest BCUT2D eigenvalue weighted by atomic mass is 10.1. The number of carbonyl (C=O) groups is 1. The molecule has 0 aliphatic rings. The minimum atomic E-state index is -0.138. The van der Waals surface area contributed by atoms with Crippen LogP contribution in [0.25, 0.3) is 10.9 Å². The van der Waals surface area contributed by atoms with Gasteiger partial charge in [-0.2, -0.15) is 0 Å². The second-order valence-electron chi connectivity index (χ2n) is 5.91. The van der Waals surface area contributed by atoms with E-state index in [0.717, 1.165) is 22.2 Å². The molecule has 5 heteroatoms. The van der Waals surface area contributed by atoms with Crippen LogP contribution in [-0.2, 0) is 17.8 Å². The number of para-hydroxylation sites is 1. The van der Waals surface area contributed by atoms with Crippen LogP contribution in [0.5, 0.6) is 5.75 Å². The zero-order chi connectivity index (χ0) is 17.8. The Kier molecular flexibility index (Phi) is 5.05. The van der Waals surface area contributed by atoms with Crippen molar-refractivity contribution in [1.82, 2.24) is 4.98 Å². The fourth-order valence-electron chi connectivity index (χ4n) is 3.01. The van der Waals surface area contributed by atoms with Crippen molar-refractivity contribution in [2.24, 2.45) is 0 Å². The summed E-state index contributed by atoms with van der Waals surface area (Å²) in [6, 6.07) is 13.2. The zero-order valence-electron chi connectivity index (χ0n) is 14.4. The number of aliphatic hydroxyl groups is 1. The lowest BCUT2D eigenvalue weighted by molar-refractivity contribution is -0.115. The van der Waals surface area contributed by atoms with Crippen molar-refractivity contribution in [1.29, 1.82) is 0 Å². The summed E-state index contributed by atoms with van der Waals surface area (Å²) < 4.78 is 5.46. The summed E-state index contributed by atoms with van der Waals surface area (Å²) in [5.41, 5.74) is 4.34. The summed E-state index contributed by atoms with van der Waals surface area (Å²) in [4.78, 5) is 15.8. The average Bonchev–Trinajstić information content (AvgIpc) is 2.92. The Balaban J connectivity index is 1.77. The van der Waals surface area contributed by atoms with Gasteiger partial charge in [0.25, 0.3) is 0 Å². The molecule has 3 aromatic rings. The number of anilines is 1. The number of amides is 1. The van der Waals surface area contributed by atoms with Gasteiger partial charge < -0.3 is 20.1 Å². The topological polar surface area (TPSA) is 74.3 Å². The zero-order valence-corrected chi connectivity index (χ0v) is 14.4. The molecule has 1 amide bonds. The van der Waals surface area contributed by atoms with Crippen LogP contribution in [0, 0.1) is 6.92 Å². The summed E-state index contributed by atoms with van der Waals surface area (Å²) in [6.07, 6.45) is 0.289. The third-order valence-electron chi connectivity index (χ3n) is 4.18. The van der Waals surface area contributed by atoms with Gasteiger partial charge in [-0.05, 0) is 43.7 Å². The molecule has 0 fully saturated rings. The van der Waals surface area contributed by atoms with Gasteiger partial charge in [-0.25, -0.2) is 0 Å². The molecule has 3 rings (SSSR count). The first-order chi connectivity index (χ1) is 12.1. The molecule has 0 atom stereocenters. The number of ether oxygens (including phenoxy) is 1. The number of fused-ring (bicyclic) bond motifs is 1. The Bertz CT molecular complexity index is 899. The van der Waals surface area contributed by atoms with Gasteiger partial charge in [0.05, 0.1) is 19.6 Å². The van der Waals surface area contributed by atoms with Crippen LogP contribution in [-0.4, -0.2) is 22.6 Å². The highest BCUT2D eigenvalue weighted by atomic mass is 16.5. The number of aromatic amines is 1. The van der Waals surface area contributed by atoms with Gasteiger partial charge in [0, 0.05) is 27.8 Å². The summed E-state index contributed by atoms with van der Waals surface area (Å²) >= 11 is 0. The van der Waals surface area contributed by atoms with Crippen molar-refractivity contribution >= 4 is 22.5 Å². The predicted molar refractivity (Wildman–Crippen MR) is 98.9 cm³/mol. The first-order valence-electron chi connectivity index (χ1n) is 8.35. The van der Waals surface area contributed by atoms with Gasteiger partial charge in [0.2, 0.25) is 5.91 Å². The van der Waals surface area contributed by atoms with Crippen LogP contribution in [0.2, 0.25) is 0 Å². The molecule has 1 aromatic heterocycles. The van der Waals surface area contributed by atoms with E-state index in [2.05, 4.69) is 10.3 Å². The van der Waals surface area contributed by atoms with E-state index in [0.29, 0.717) is 23.6 Å². The molecule has 0 aliphatic heterocycles. The third-order valence-corrected chi connectivity index (χ3v) is 4.18. The Morgan fingerprint density at radius 1 is 1.24 bits per heavy atom. The SMILES string of the molecule is CCOc1ccc(NC(=O)Cc2c(C)[nH]c3ccccc23)cc1CO. The summed E-state index contributed by atoms with van der Waals surface area (Å²) in [5, 5.41) is 13.4. The maximum absolute atomic E-state index is 12.5. The predicted octanol–water partition coefficient (Wildman–Crippen LogP) is 3.55. The second kappa shape index (κ2) is 7.40. The average molecular weight is 338 g/mol. The highest BCUT2D eigenvalue weighted by Gasteiger charge is 2.13. The molecule has 0 unspecified atom stereocenters. The summed E-state index contributed by atoms with van der Waals surface area (Å²) in [7, 11) is 0. The number of rotatable bonds is 6. The van der Waals surface area contributed by atoms with Gasteiger partial charge in [-0.3, -0.25) is 4.79 Å². The molecule has 0 bridgehead atoms. The third kappa shape index (κ3) is 3.67. The smallest absolute Gasteiger partial charge is 0.228 e. The van der Waals surface area contributed by atoms with Crippen LogP contribution in [0.15, 0.2) is 42.5 Å². The molecule has 2 aromatic carbocycles. The van der Waals surface area contributed by atoms with Gasteiger partial charge >= 0.3 is 0 Å². The number of hydrogen-bond donors (Lipinski definition) is 3. The van der Waals surface area contributed by atoms with Gasteiger partial charge in [-0.15, -0.1) is 0 Å². The Labute approximate surface area is 146 Å². The molecule has 0 aliphatic carbocycles. The number of benzene rings is 2. The van der Waals surface area contributed by atoms with Crippen molar-refractivity contribution in [3.63, 3.8) is 0 Å². The number of aryl methyl sites for hydroxylation is 1. The second-order valence-corrected chi connectivity index (χ2v) is 5.91. The number of aliphatic hydroxyl groups excluding tert-OH is 1. The van der Waals surface area contributed by atoms with Crippen molar-refractivity contribution in [3.05, 3.63) is 59.3 Å². The van der Waals surface area contributed by atoms with E-state index in [1.807, 2.05) is 38.1 Å². The van der Waals surface area contributed by atoms with Crippen molar-refractivity contribution < 1.29 is 14.6 Å². The fourth-order valence-corrected chi connectivity index (χ4v) is 3.01.